The van der Waals surface area contributed by atoms with Crippen molar-refractivity contribution in [2.24, 2.45) is 7.05 Å². The summed E-state index contributed by atoms with van der Waals surface area (Å²) >= 11 is 6.59. The van der Waals surface area contributed by atoms with Gasteiger partial charge in [-0.3, -0.25) is 4.57 Å². The molecule has 1 aromatic carbocycles. The molecule has 1 atom stereocenters. The predicted octanol–water partition coefficient (Wildman–Crippen LogP) is 4.81. The zero-order valence-corrected chi connectivity index (χ0v) is 20.4. The minimum Gasteiger partial charge on any atom is -0.444 e. The van der Waals surface area contributed by atoms with E-state index in [1.54, 1.807) is 4.90 Å². The molecule has 4 rings (SSSR count). The van der Waals surface area contributed by atoms with Crippen LogP contribution in [0.3, 0.4) is 0 Å². The van der Waals surface area contributed by atoms with Gasteiger partial charge in [0, 0.05) is 31.4 Å². The number of rotatable bonds is 3. The molecule has 0 aliphatic carbocycles. The van der Waals surface area contributed by atoms with Crippen LogP contribution in [-0.2, 0) is 22.9 Å². The smallest absolute Gasteiger partial charge is 0.410 e. The number of benzene rings is 1. The third-order valence-corrected chi connectivity index (χ3v) is 6.05. The molecule has 8 heteroatoms. The summed E-state index contributed by atoms with van der Waals surface area (Å²) in [6, 6.07) is 8.08. The first kappa shape index (κ1) is 22.7. The van der Waals surface area contributed by atoms with E-state index in [1.165, 1.54) is 0 Å². The number of hydrogen-bond acceptors (Lipinski definition) is 4. The largest absolute Gasteiger partial charge is 0.444 e. The molecule has 7 nitrogen and oxygen atoms in total. The van der Waals surface area contributed by atoms with Gasteiger partial charge in [-0.15, -0.1) is 0 Å². The number of carbonyl (C=O) groups is 1. The molecule has 0 N–H and O–H groups in total. The predicted molar refractivity (Wildman–Crippen MR) is 126 cm³/mol. The number of halogens is 1. The van der Waals surface area contributed by atoms with Crippen molar-refractivity contribution in [1.82, 2.24) is 19.0 Å². The van der Waals surface area contributed by atoms with Crippen molar-refractivity contribution in [2.75, 3.05) is 19.7 Å². The lowest BCUT2D eigenvalue weighted by atomic mass is 10.0. The van der Waals surface area contributed by atoms with Crippen LogP contribution in [0.1, 0.15) is 37.7 Å². The first-order chi connectivity index (χ1) is 15.0. The van der Waals surface area contributed by atoms with E-state index in [0.717, 1.165) is 33.9 Å². The molecule has 1 aliphatic rings. The molecule has 0 bridgehead atoms. The second-order valence-electron chi connectivity index (χ2n) is 9.45. The van der Waals surface area contributed by atoms with Gasteiger partial charge in [0.15, 0.2) is 0 Å². The van der Waals surface area contributed by atoms with Gasteiger partial charge in [0.1, 0.15) is 5.60 Å². The molecule has 3 aromatic rings. The fourth-order valence-corrected chi connectivity index (χ4v) is 4.52. The van der Waals surface area contributed by atoms with Crippen molar-refractivity contribution in [3.05, 3.63) is 46.2 Å². The molecule has 0 saturated carbocycles. The summed E-state index contributed by atoms with van der Waals surface area (Å²) < 4.78 is 15.7. The van der Waals surface area contributed by atoms with E-state index < -0.39 is 5.60 Å². The Morgan fingerprint density at radius 2 is 1.91 bits per heavy atom. The lowest BCUT2D eigenvalue weighted by molar-refractivity contribution is -0.0414. The van der Waals surface area contributed by atoms with Gasteiger partial charge in [0.05, 0.1) is 35.3 Å². The highest BCUT2D eigenvalue weighted by Crippen LogP contribution is 2.30. The van der Waals surface area contributed by atoms with Gasteiger partial charge in [-0.2, -0.15) is 0 Å². The van der Waals surface area contributed by atoms with Crippen LogP contribution in [0.5, 0.6) is 0 Å². The molecular weight excluding hydrogens is 428 g/mol. The molecule has 2 aromatic heterocycles. The summed E-state index contributed by atoms with van der Waals surface area (Å²) in [7, 11) is 1.99. The highest BCUT2D eigenvalue weighted by molar-refractivity contribution is 6.35. The lowest BCUT2D eigenvalue weighted by Crippen LogP contribution is -2.48. The van der Waals surface area contributed by atoms with Crippen LogP contribution in [0.25, 0.3) is 17.0 Å². The van der Waals surface area contributed by atoms with E-state index in [9.17, 15) is 4.79 Å². The number of aryl methyl sites for hydroxylation is 3. The van der Waals surface area contributed by atoms with Crippen molar-refractivity contribution in [1.29, 1.82) is 0 Å². The summed E-state index contributed by atoms with van der Waals surface area (Å²) in [6.45, 7) is 11.2. The van der Waals surface area contributed by atoms with Crippen LogP contribution in [0.15, 0.2) is 24.3 Å². The van der Waals surface area contributed by atoms with Crippen LogP contribution < -0.4 is 0 Å². The van der Waals surface area contributed by atoms with Gasteiger partial charge in [0.2, 0.25) is 5.95 Å². The second-order valence-corrected chi connectivity index (χ2v) is 9.86. The Balaban J connectivity index is 1.63. The van der Waals surface area contributed by atoms with E-state index in [2.05, 4.69) is 30.5 Å². The number of aromatic nitrogens is 3. The quantitative estimate of drug-likeness (QED) is 0.565. The zero-order valence-electron chi connectivity index (χ0n) is 19.6. The minimum absolute atomic E-state index is 0.138. The molecule has 1 amide bonds. The summed E-state index contributed by atoms with van der Waals surface area (Å²) in [5.41, 5.74) is 4.51. The van der Waals surface area contributed by atoms with Crippen LogP contribution in [0.2, 0.25) is 5.02 Å². The normalized spacial score (nSPS) is 17.2. The molecule has 172 valence electrons. The standard InChI is InChI=1S/C24H31ClN4O3/c1-15-7-8-16(2)29(15)22-26-20-17(9-10-19(25)21(20)27(22)6)13-18-14-28(11-12-31-18)23(30)32-24(3,4)5/h7-10,18H,11-14H2,1-6H3. The number of carbonyl (C=O) groups excluding carboxylic acids is 1. The van der Waals surface area contributed by atoms with Crippen molar-refractivity contribution < 1.29 is 14.3 Å². The number of nitrogens with zero attached hydrogens (tertiary/aromatic N) is 4. The molecule has 0 spiro atoms. The number of ether oxygens (including phenoxy) is 2. The third kappa shape index (κ3) is 4.36. The first-order valence-electron chi connectivity index (χ1n) is 10.9. The van der Waals surface area contributed by atoms with E-state index in [1.807, 2.05) is 44.5 Å². The Morgan fingerprint density at radius 1 is 1.22 bits per heavy atom. The molecule has 0 radical (unpaired) electrons. The van der Waals surface area contributed by atoms with E-state index in [0.29, 0.717) is 31.1 Å². The average molecular weight is 459 g/mol. The highest BCUT2D eigenvalue weighted by Gasteiger charge is 2.29. The maximum Gasteiger partial charge on any atom is 0.410 e. The molecule has 1 unspecified atom stereocenters. The van der Waals surface area contributed by atoms with Crippen LogP contribution in [0.4, 0.5) is 4.79 Å². The highest BCUT2D eigenvalue weighted by atomic mass is 35.5. The first-order valence-corrected chi connectivity index (χ1v) is 11.3. The van der Waals surface area contributed by atoms with E-state index in [4.69, 9.17) is 26.1 Å². The topological polar surface area (TPSA) is 61.5 Å². The fourth-order valence-electron chi connectivity index (χ4n) is 4.24. The molecule has 1 fully saturated rings. The Morgan fingerprint density at radius 3 is 2.56 bits per heavy atom. The van der Waals surface area contributed by atoms with Crippen LogP contribution in [0, 0.1) is 13.8 Å². The average Bonchev–Trinajstić information content (AvgIpc) is 3.22. The van der Waals surface area contributed by atoms with E-state index >= 15 is 0 Å². The summed E-state index contributed by atoms with van der Waals surface area (Å²) in [6.07, 6.45) is 0.194. The van der Waals surface area contributed by atoms with Gasteiger partial charge in [-0.25, -0.2) is 9.78 Å². The lowest BCUT2D eigenvalue weighted by Gasteiger charge is -2.34. The van der Waals surface area contributed by atoms with Crippen LogP contribution in [-0.4, -0.2) is 56.5 Å². The maximum absolute atomic E-state index is 12.5. The summed E-state index contributed by atoms with van der Waals surface area (Å²) in [5, 5.41) is 0.660. The monoisotopic (exact) mass is 458 g/mol. The maximum atomic E-state index is 12.5. The molecule has 32 heavy (non-hydrogen) atoms. The summed E-state index contributed by atoms with van der Waals surface area (Å²) in [5.74, 6) is 0.828. The number of fused-ring (bicyclic) bond motifs is 1. The Kier molecular flexibility index (Phi) is 5.98. The van der Waals surface area contributed by atoms with Crippen LogP contribution >= 0.6 is 11.6 Å². The van der Waals surface area contributed by atoms with Gasteiger partial charge >= 0.3 is 6.09 Å². The molecule has 3 heterocycles. The SMILES string of the molecule is Cc1ccc(C)n1-c1nc2c(CC3CN(C(=O)OC(C)(C)C)CCO3)ccc(Cl)c2n1C. The Labute approximate surface area is 193 Å². The molecule has 1 saturated heterocycles. The number of hydrogen-bond donors (Lipinski definition) is 0. The third-order valence-electron chi connectivity index (χ3n) is 5.74. The van der Waals surface area contributed by atoms with Gasteiger partial charge in [0.25, 0.3) is 0 Å². The molecular formula is C24H31ClN4O3. The number of amides is 1. The van der Waals surface area contributed by atoms with Gasteiger partial charge in [-0.1, -0.05) is 17.7 Å². The van der Waals surface area contributed by atoms with E-state index in [-0.39, 0.29) is 12.2 Å². The fraction of sp³-hybridized carbons (Fsp3) is 0.500. The van der Waals surface area contributed by atoms with Crippen molar-refractivity contribution >= 4 is 28.7 Å². The Hall–Kier alpha value is -2.51. The second kappa shape index (κ2) is 8.45. The van der Waals surface area contributed by atoms with Crippen molar-refractivity contribution in [3.8, 4) is 5.95 Å². The zero-order chi connectivity index (χ0) is 23.2. The number of morpholine rings is 1. The summed E-state index contributed by atoms with van der Waals surface area (Å²) in [4.78, 5) is 19.2. The van der Waals surface area contributed by atoms with Gasteiger partial charge < -0.3 is 18.9 Å². The van der Waals surface area contributed by atoms with Crippen molar-refractivity contribution in [2.45, 2.75) is 52.7 Å². The van der Waals surface area contributed by atoms with Crippen molar-refractivity contribution in [3.63, 3.8) is 0 Å². The number of imidazole rings is 1. The Bertz CT molecular complexity index is 1140. The molecule has 1 aliphatic heterocycles. The minimum atomic E-state index is -0.522. The van der Waals surface area contributed by atoms with Gasteiger partial charge in [-0.05, 0) is 58.4 Å².